The van der Waals surface area contributed by atoms with Crippen LogP contribution in [0.2, 0.25) is 0 Å². The van der Waals surface area contributed by atoms with Gasteiger partial charge in [-0.05, 0) is 69.2 Å². The molecule has 0 aliphatic heterocycles. The minimum absolute atomic E-state index is 0.313. The Morgan fingerprint density at radius 2 is 1.76 bits per heavy atom. The Labute approximate surface area is 222 Å². The van der Waals surface area contributed by atoms with Crippen molar-refractivity contribution >= 4 is 23.5 Å². The molecule has 2 aromatic heterocycles. The van der Waals surface area contributed by atoms with Crippen LogP contribution < -0.4 is 10.6 Å². The van der Waals surface area contributed by atoms with Crippen LogP contribution in [0.5, 0.6) is 0 Å². The van der Waals surface area contributed by atoms with E-state index in [9.17, 15) is 9.59 Å². The standard InChI is InChI=1S/C30H31N5O3/c1-20-12-13-22(18-25(20)35-29-32-16-14-24(34-29)23-11-8-15-31-19-23)27(36)33-26(28(37)38-30(2,3)4)17-21-9-6-5-7-10-21/h5-16,18-19,26H,17H2,1-4H3,(H,33,36)(H,32,34,35)/t26-/m0/s1. The Kier molecular flexibility index (Phi) is 8.11. The van der Waals surface area contributed by atoms with Crippen LogP contribution >= 0.6 is 0 Å². The first-order valence-corrected chi connectivity index (χ1v) is 12.4. The van der Waals surface area contributed by atoms with Gasteiger partial charge in [-0.1, -0.05) is 36.4 Å². The number of rotatable bonds is 8. The molecule has 0 aliphatic carbocycles. The van der Waals surface area contributed by atoms with Gasteiger partial charge in [0, 0.05) is 41.8 Å². The van der Waals surface area contributed by atoms with E-state index >= 15 is 0 Å². The Morgan fingerprint density at radius 1 is 0.974 bits per heavy atom. The number of carbonyl (C=O) groups excluding carboxylic acids is 2. The van der Waals surface area contributed by atoms with Crippen molar-refractivity contribution in [1.82, 2.24) is 20.3 Å². The van der Waals surface area contributed by atoms with E-state index in [0.29, 0.717) is 23.6 Å². The van der Waals surface area contributed by atoms with E-state index in [1.807, 2.05) is 61.5 Å². The average molecular weight is 510 g/mol. The normalized spacial score (nSPS) is 11.9. The molecule has 0 fully saturated rings. The summed E-state index contributed by atoms with van der Waals surface area (Å²) >= 11 is 0. The van der Waals surface area contributed by atoms with E-state index in [1.54, 1.807) is 51.5 Å². The minimum Gasteiger partial charge on any atom is -0.458 e. The molecule has 194 valence electrons. The van der Waals surface area contributed by atoms with Gasteiger partial charge in [0.05, 0.1) is 5.69 Å². The molecule has 4 rings (SSSR count). The second-order valence-corrected chi connectivity index (χ2v) is 9.91. The van der Waals surface area contributed by atoms with Crippen LogP contribution in [0.3, 0.4) is 0 Å². The highest BCUT2D eigenvalue weighted by atomic mass is 16.6. The number of ether oxygens (including phenoxy) is 1. The molecule has 8 nitrogen and oxygen atoms in total. The van der Waals surface area contributed by atoms with Crippen molar-refractivity contribution in [3.63, 3.8) is 0 Å². The summed E-state index contributed by atoms with van der Waals surface area (Å²) in [5.41, 5.74) is 3.81. The number of hydrogen-bond acceptors (Lipinski definition) is 7. The van der Waals surface area contributed by atoms with Crippen molar-refractivity contribution in [2.45, 2.75) is 45.8 Å². The fraction of sp³-hybridized carbons (Fsp3) is 0.233. The van der Waals surface area contributed by atoms with Gasteiger partial charge in [-0.2, -0.15) is 0 Å². The molecule has 38 heavy (non-hydrogen) atoms. The highest BCUT2D eigenvalue weighted by Crippen LogP contribution is 2.23. The minimum atomic E-state index is -0.846. The molecule has 0 aliphatic rings. The fourth-order valence-electron chi connectivity index (χ4n) is 3.77. The molecule has 4 aromatic rings. The number of carbonyl (C=O) groups is 2. The van der Waals surface area contributed by atoms with Crippen LogP contribution in [-0.4, -0.2) is 38.5 Å². The van der Waals surface area contributed by atoms with E-state index in [0.717, 1.165) is 22.4 Å². The van der Waals surface area contributed by atoms with Gasteiger partial charge in [0.15, 0.2) is 0 Å². The van der Waals surface area contributed by atoms with Crippen molar-refractivity contribution < 1.29 is 14.3 Å². The predicted molar refractivity (Wildman–Crippen MR) is 147 cm³/mol. The number of amides is 1. The van der Waals surface area contributed by atoms with Gasteiger partial charge in [0.1, 0.15) is 11.6 Å². The number of aryl methyl sites for hydroxylation is 1. The van der Waals surface area contributed by atoms with Gasteiger partial charge in [-0.25, -0.2) is 14.8 Å². The van der Waals surface area contributed by atoms with Gasteiger partial charge < -0.3 is 15.4 Å². The summed E-state index contributed by atoms with van der Waals surface area (Å²) in [6, 6.07) is 19.5. The first-order chi connectivity index (χ1) is 18.2. The van der Waals surface area contributed by atoms with Crippen molar-refractivity contribution in [2.75, 3.05) is 5.32 Å². The lowest BCUT2D eigenvalue weighted by Gasteiger charge is -2.25. The largest absolute Gasteiger partial charge is 0.458 e. The second kappa shape index (κ2) is 11.6. The molecule has 2 aromatic carbocycles. The third-order valence-electron chi connectivity index (χ3n) is 5.64. The summed E-state index contributed by atoms with van der Waals surface area (Å²) in [7, 11) is 0. The SMILES string of the molecule is Cc1ccc(C(=O)N[C@@H](Cc2ccccc2)C(=O)OC(C)(C)C)cc1Nc1nccc(-c2cccnc2)n1. The van der Waals surface area contributed by atoms with Crippen LogP contribution in [0, 0.1) is 6.92 Å². The third kappa shape index (κ3) is 7.22. The number of hydrogen-bond donors (Lipinski definition) is 2. The predicted octanol–water partition coefficient (Wildman–Crippen LogP) is 5.27. The van der Waals surface area contributed by atoms with Gasteiger partial charge in [0.25, 0.3) is 5.91 Å². The smallest absolute Gasteiger partial charge is 0.329 e. The Hall–Kier alpha value is -4.59. The number of pyridine rings is 1. The number of nitrogens with one attached hydrogen (secondary N) is 2. The molecular weight excluding hydrogens is 478 g/mol. The molecule has 0 unspecified atom stereocenters. The highest BCUT2D eigenvalue weighted by molar-refractivity contribution is 5.98. The molecule has 0 bridgehead atoms. The lowest BCUT2D eigenvalue weighted by atomic mass is 10.0. The zero-order valence-corrected chi connectivity index (χ0v) is 21.9. The van der Waals surface area contributed by atoms with Crippen LogP contribution in [0.25, 0.3) is 11.3 Å². The third-order valence-corrected chi connectivity index (χ3v) is 5.64. The molecule has 1 amide bonds. The van der Waals surface area contributed by atoms with E-state index in [-0.39, 0.29) is 5.91 Å². The average Bonchev–Trinajstić information content (AvgIpc) is 2.90. The molecular formula is C30H31N5O3. The van der Waals surface area contributed by atoms with Crippen LogP contribution in [0.4, 0.5) is 11.6 Å². The fourth-order valence-corrected chi connectivity index (χ4v) is 3.77. The number of esters is 1. The number of anilines is 2. The number of nitrogens with zero attached hydrogens (tertiary/aromatic N) is 3. The number of benzene rings is 2. The van der Waals surface area contributed by atoms with Crippen molar-refractivity contribution in [3.05, 3.63) is 102 Å². The molecule has 0 spiro atoms. The Morgan fingerprint density at radius 3 is 2.47 bits per heavy atom. The summed E-state index contributed by atoms with van der Waals surface area (Å²) in [6.07, 6.45) is 5.42. The molecule has 1 atom stereocenters. The van der Waals surface area contributed by atoms with E-state index in [1.165, 1.54) is 0 Å². The monoisotopic (exact) mass is 509 g/mol. The second-order valence-electron chi connectivity index (χ2n) is 9.91. The van der Waals surface area contributed by atoms with Crippen molar-refractivity contribution in [2.24, 2.45) is 0 Å². The van der Waals surface area contributed by atoms with Crippen LogP contribution in [0.1, 0.15) is 42.3 Å². The molecule has 0 saturated carbocycles. The Balaban J connectivity index is 1.54. The van der Waals surface area contributed by atoms with Crippen molar-refractivity contribution in [3.8, 4) is 11.3 Å². The Bertz CT molecular complexity index is 1400. The summed E-state index contributed by atoms with van der Waals surface area (Å²) in [6.45, 7) is 7.33. The maximum atomic E-state index is 13.3. The summed E-state index contributed by atoms with van der Waals surface area (Å²) in [5, 5.41) is 6.08. The van der Waals surface area contributed by atoms with E-state index in [2.05, 4.69) is 25.6 Å². The summed E-state index contributed by atoms with van der Waals surface area (Å²) < 4.78 is 5.59. The maximum Gasteiger partial charge on any atom is 0.329 e. The van der Waals surface area contributed by atoms with Crippen LogP contribution in [0.15, 0.2) is 85.3 Å². The van der Waals surface area contributed by atoms with Gasteiger partial charge in [-0.15, -0.1) is 0 Å². The van der Waals surface area contributed by atoms with E-state index < -0.39 is 17.6 Å². The van der Waals surface area contributed by atoms with Crippen molar-refractivity contribution in [1.29, 1.82) is 0 Å². The maximum absolute atomic E-state index is 13.3. The summed E-state index contributed by atoms with van der Waals surface area (Å²) in [4.78, 5) is 39.3. The van der Waals surface area contributed by atoms with E-state index in [4.69, 9.17) is 4.74 Å². The molecule has 2 heterocycles. The molecule has 0 radical (unpaired) electrons. The molecule has 2 N–H and O–H groups in total. The zero-order chi connectivity index (χ0) is 27.1. The quantitative estimate of drug-likeness (QED) is 0.312. The lowest BCUT2D eigenvalue weighted by Crippen LogP contribution is -2.45. The van der Waals surface area contributed by atoms with Gasteiger partial charge >= 0.3 is 5.97 Å². The zero-order valence-electron chi connectivity index (χ0n) is 21.9. The molecule has 8 heteroatoms. The van der Waals surface area contributed by atoms with Gasteiger partial charge in [0.2, 0.25) is 5.95 Å². The highest BCUT2D eigenvalue weighted by Gasteiger charge is 2.27. The first kappa shape index (κ1) is 26.5. The molecule has 0 saturated heterocycles. The van der Waals surface area contributed by atoms with Crippen LogP contribution in [-0.2, 0) is 16.0 Å². The topological polar surface area (TPSA) is 106 Å². The number of aromatic nitrogens is 3. The lowest BCUT2D eigenvalue weighted by molar-refractivity contribution is -0.157. The van der Waals surface area contributed by atoms with Gasteiger partial charge in [-0.3, -0.25) is 9.78 Å². The summed E-state index contributed by atoms with van der Waals surface area (Å²) in [5.74, 6) is -0.478. The first-order valence-electron chi connectivity index (χ1n) is 12.4.